The van der Waals surface area contributed by atoms with Gasteiger partial charge in [0.2, 0.25) is 0 Å². The van der Waals surface area contributed by atoms with Gasteiger partial charge in [-0.15, -0.1) is 10.2 Å². The van der Waals surface area contributed by atoms with E-state index in [2.05, 4.69) is 20.8 Å². The smallest absolute Gasteiger partial charge is 0.331 e. The second-order valence-electron chi connectivity index (χ2n) is 5.20. The third-order valence-electron chi connectivity index (χ3n) is 3.35. The van der Waals surface area contributed by atoms with Crippen LogP contribution in [0.15, 0.2) is 36.5 Å². The highest BCUT2D eigenvalue weighted by Gasteiger charge is 2.32. The Kier molecular flexibility index (Phi) is 4.92. The minimum Gasteiger partial charge on any atom is -0.331 e. The normalized spacial score (nSPS) is 11.6. The molecule has 0 saturated carbocycles. The fourth-order valence-corrected chi connectivity index (χ4v) is 2.61. The highest BCUT2D eigenvalue weighted by atomic mass is 35.5. The fourth-order valence-electron chi connectivity index (χ4n) is 2.18. The molecule has 1 aromatic carbocycles. The molecule has 2 heterocycles. The summed E-state index contributed by atoms with van der Waals surface area (Å²) in [4.78, 5) is 11.9. The average Bonchev–Trinajstić information content (AvgIpc) is 2.96. The molecule has 0 aliphatic heterocycles. The zero-order valence-electron chi connectivity index (χ0n) is 12.8. The van der Waals surface area contributed by atoms with E-state index in [4.69, 9.17) is 23.2 Å². The van der Waals surface area contributed by atoms with Crippen molar-refractivity contribution in [3.63, 3.8) is 0 Å². The summed E-state index contributed by atoms with van der Waals surface area (Å²) in [6.45, 7) is -0.162. The maximum atomic E-state index is 12.9. The van der Waals surface area contributed by atoms with Crippen LogP contribution in [0.2, 0.25) is 10.0 Å². The molecule has 0 fully saturated rings. The van der Waals surface area contributed by atoms with E-state index >= 15 is 0 Å². The number of nitrogens with one attached hydrogen (secondary N) is 2. The SMILES string of the molecule is O=C(NCc1nnc2c(Cl)cc(C(F)(F)F)cn12)Nc1cccc(Cl)c1. The molecule has 2 amide bonds. The topological polar surface area (TPSA) is 71.3 Å². The summed E-state index contributed by atoms with van der Waals surface area (Å²) in [6, 6.07) is 6.67. The molecule has 0 radical (unpaired) electrons. The summed E-state index contributed by atoms with van der Waals surface area (Å²) in [7, 11) is 0. The predicted molar refractivity (Wildman–Crippen MR) is 90.3 cm³/mol. The number of hydrogen-bond acceptors (Lipinski definition) is 3. The van der Waals surface area contributed by atoms with Crippen LogP contribution in [-0.4, -0.2) is 20.6 Å². The van der Waals surface area contributed by atoms with Crippen molar-refractivity contribution in [2.75, 3.05) is 5.32 Å². The van der Waals surface area contributed by atoms with Crippen LogP contribution in [-0.2, 0) is 12.7 Å². The van der Waals surface area contributed by atoms with Crippen molar-refractivity contribution >= 4 is 40.6 Å². The van der Waals surface area contributed by atoms with E-state index in [1.54, 1.807) is 24.3 Å². The minimum atomic E-state index is -4.57. The Hall–Kier alpha value is -2.52. The Labute approximate surface area is 154 Å². The highest BCUT2D eigenvalue weighted by molar-refractivity contribution is 6.33. The first-order valence-corrected chi connectivity index (χ1v) is 7.90. The second-order valence-corrected chi connectivity index (χ2v) is 6.05. The van der Waals surface area contributed by atoms with Crippen molar-refractivity contribution in [3.05, 3.63) is 58.0 Å². The lowest BCUT2D eigenvalue weighted by Crippen LogP contribution is -2.29. The Balaban J connectivity index is 1.76. The predicted octanol–water partition coefficient (Wildman–Crippen LogP) is 4.38. The molecule has 0 aliphatic carbocycles. The number of amides is 2. The van der Waals surface area contributed by atoms with Crippen molar-refractivity contribution in [1.82, 2.24) is 19.9 Å². The molecule has 2 N–H and O–H groups in total. The molecule has 0 unspecified atom stereocenters. The largest absolute Gasteiger partial charge is 0.417 e. The quantitative estimate of drug-likeness (QED) is 0.681. The van der Waals surface area contributed by atoms with Crippen LogP contribution in [0, 0.1) is 0 Å². The van der Waals surface area contributed by atoms with Gasteiger partial charge in [0, 0.05) is 16.9 Å². The number of urea groups is 1. The number of anilines is 1. The van der Waals surface area contributed by atoms with E-state index in [1.165, 1.54) is 0 Å². The molecule has 11 heteroatoms. The number of hydrogen-bond donors (Lipinski definition) is 2. The molecule has 3 aromatic rings. The zero-order chi connectivity index (χ0) is 18.9. The molecular formula is C15H10Cl2F3N5O. The molecule has 26 heavy (non-hydrogen) atoms. The Morgan fingerprint density at radius 2 is 1.96 bits per heavy atom. The van der Waals surface area contributed by atoms with E-state index in [0.717, 1.165) is 16.7 Å². The van der Waals surface area contributed by atoms with Gasteiger partial charge in [-0.2, -0.15) is 13.2 Å². The molecule has 2 aromatic heterocycles. The number of carbonyl (C=O) groups excluding carboxylic acids is 1. The van der Waals surface area contributed by atoms with Crippen LogP contribution < -0.4 is 10.6 Å². The summed E-state index contributed by atoms with van der Waals surface area (Å²) in [5.74, 6) is 0.0919. The van der Waals surface area contributed by atoms with E-state index in [1.807, 2.05) is 0 Å². The Bertz CT molecular complexity index is 974. The van der Waals surface area contributed by atoms with Crippen molar-refractivity contribution in [1.29, 1.82) is 0 Å². The maximum Gasteiger partial charge on any atom is 0.417 e. The van der Waals surface area contributed by atoms with Gasteiger partial charge in [0.25, 0.3) is 0 Å². The van der Waals surface area contributed by atoms with Gasteiger partial charge in [0.05, 0.1) is 17.1 Å². The first-order valence-electron chi connectivity index (χ1n) is 7.15. The van der Waals surface area contributed by atoms with Gasteiger partial charge in [0.15, 0.2) is 11.5 Å². The summed E-state index contributed by atoms with van der Waals surface area (Å²) in [5, 5.41) is 12.8. The third kappa shape index (κ3) is 4.00. The number of benzene rings is 1. The number of nitrogens with zero attached hydrogens (tertiary/aromatic N) is 3. The van der Waals surface area contributed by atoms with E-state index in [9.17, 15) is 18.0 Å². The molecule has 0 aliphatic rings. The van der Waals surface area contributed by atoms with E-state index in [0.29, 0.717) is 10.7 Å². The van der Waals surface area contributed by atoms with Crippen molar-refractivity contribution < 1.29 is 18.0 Å². The number of pyridine rings is 1. The third-order valence-corrected chi connectivity index (χ3v) is 3.86. The van der Waals surface area contributed by atoms with Gasteiger partial charge < -0.3 is 10.6 Å². The molecule has 6 nitrogen and oxygen atoms in total. The van der Waals surface area contributed by atoms with Crippen molar-refractivity contribution in [3.8, 4) is 0 Å². The number of rotatable bonds is 3. The zero-order valence-corrected chi connectivity index (χ0v) is 14.3. The molecule has 0 spiro atoms. The van der Waals surface area contributed by atoms with Crippen LogP contribution in [0.3, 0.4) is 0 Å². The fraction of sp³-hybridized carbons (Fsp3) is 0.133. The molecule has 0 bridgehead atoms. The first kappa shape index (κ1) is 18.3. The lowest BCUT2D eigenvalue weighted by molar-refractivity contribution is -0.137. The monoisotopic (exact) mass is 403 g/mol. The van der Waals surface area contributed by atoms with Gasteiger partial charge in [-0.25, -0.2) is 4.79 Å². The lowest BCUT2D eigenvalue weighted by Gasteiger charge is -2.10. The van der Waals surface area contributed by atoms with Crippen LogP contribution in [0.25, 0.3) is 5.65 Å². The highest BCUT2D eigenvalue weighted by Crippen LogP contribution is 2.32. The van der Waals surface area contributed by atoms with E-state index in [-0.39, 0.29) is 23.0 Å². The number of carbonyl (C=O) groups is 1. The lowest BCUT2D eigenvalue weighted by atomic mass is 10.3. The standard InChI is InChI=1S/C15H10Cl2F3N5O/c16-9-2-1-3-10(5-9)22-14(26)21-6-12-23-24-13-11(17)4-8(7-25(12)13)15(18,19)20/h1-5,7H,6H2,(H2,21,22,26). The maximum absolute atomic E-state index is 12.9. The molecule has 3 rings (SSSR count). The van der Waals surface area contributed by atoms with Gasteiger partial charge in [-0.3, -0.25) is 4.40 Å². The summed E-state index contributed by atoms with van der Waals surface area (Å²) < 4.78 is 39.8. The molecule has 136 valence electrons. The van der Waals surface area contributed by atoms with Gasteiger partial charge >= 0.3 is 12.2 Å². The number of fused-ring (bicyclic) bond motifs is 1. The average molecular weight is 404 g/mol. The molecule has 0 saturated heterocycles. The van der Waals surface area contributed by atoms with Crippen molar-refractivity contribution in [2.24, 2.45) is 0 Å². The summed E-state index contributed by atoms with van der Waals surface area (Å²) in [5.41, 5.74) is -0.422. The van der Waals surface area contributed by atoms with Crippen LogP contribution in [0.4, 0.5) is 23.7 Å². The van der Waals surface area contributed by atoms with Crippen LogP contribution >= 0.6 is 23.2 Å². The van der Waals surface area contributed by atoms with Crippen LogP contribution in [0.1, 0.15) is 11.4 Å². The van der Waals surface area contributed by atoms with Crippen molar-refractivity contribution in [2.45, 2.75) is 12.7 Å². The van der Waals surface area contributed by atoms with Gasteiger partial charge in [0.1, 0.15) is 0 Å². The summed E-state index contributed by atoms with van der Waals surface area (Å²) >= 11 is 11.7. The molecular weight excluding hydrogens is 394 g/mol. The Morgan fingerprint density at radius 3 is 2.65 bits per heavy atom. The summed E-state index contributed by atoms with van der Waals surface area (Å²) in [6.07, 6.45) is -3.75. The van der Waals surface area contributed by atoms with Crippen LogP contribution in [0.5, 0.6) is 0 Å². The minimum absolute atomic E-state index is 0.0618. The van der Waals surface area contributed by atoms with Gasteiger partial charge in [-0.05, 0) is 24.3 Å². The number of aromatic nitrogens is 3. The Morgan fingerprint density at radius 1 is 1.19 bits per heavy atom. The first-order chi connectivity index (χ1) is 12.2. The van der Waals surface area contributed by atoms with Gasteiger partial charge in [-0.1, -0.05) is 29.3 Å². The number of alkyl halides is 3. The number of halogens is 5. The second kappa shape index (κ2) is 7.00. The molecule has 0 atom stereocenters. The van der Waals surface area contributed by atoms with E-state index < -0.39 is 17.8 Å².